The fourth-order valence-electron chi connectivity index (χ4n) is 4.64. The smallest absolute Gasteiger partial charge is 0.124 e. The Kier molecular flexibility index (Phi) is 9.12. The Bertz CT molecular complexity index is 867. The number of ether oxygens (including phenoxy) is 1. The van der Waals surface area contributed by atoms with Gasteiger partial charge in [0, 0.05) is 56.9 Å². The predicted molar refractivity (Wildman–Crippen MR) is 137 cm³/mol. The number of benzene rings is 1. The number of fused-ring (bicyclic) bond motifs is 1. The van der Waals surface area contributed by atoms with E-state index in [-0.39, 0.29) is 12.1 Å². The Hall–Kier alpha value is -2.15. The van der Waals surface area contributed by atoms with Crippen LogP contribution in [0.3, 0.4) is 0 Å². The van der Waals surface area contributed by atoms with E-state index in [9.17, 15) is 5.11 Å². The summed E-state index contributed by atoms with van der Waals surface area (Å²) in [6.45, 7) is 16.2. The van der Waals surface area contributed by atoms with Gasteiger partial charge < -0.3 is 20.1 Å². The predicted octanol–water partition coefficient (Wildman–Crippen LogP) is 3.93. The lowest BCUT2D eigenvalue weighted by Gasteiger charge is -2.39. The molecule has 3 rings (SSSR count). The Morgan fingerprint density at radius 1 is 1.27 bits per heavy atom. The number of aliphatic imine (C=N–C) groups is 1. The lowest BCUT2D eigenvalue weighted by atomic mass is 9.94. The number of rotatable bonds is 10. The summed E-state index contributed by atoms with van der Waals surface area (Å²) in [5.41, 5.74) is 3.54. The van der Waals surface area contributed by atoms with Crippen LogP contribution in [0, 0.1) is 0 Å². The molecule has 1 unspecified atom stereocenters. The average Bonchev–Trinajstić information content (AvgIpc) is 3.30. The number of allylic oxidation sites excluding steroid dienone is 2. The van der Waals surface area contributed by atoms with Crippen molar-refractivity contribution in [1.82, 2.24) is 15.1 Å². The number of aliphatic hydroxyl groups excluding tert-OH is 1. The standard InChI is InChI=1S/C27H42N4O2/c1-6-8-26(28-20-24(7-2)27(4,5)29-12-17-32)31-15-13-30(14-16-31)21(3)23-10-9-22-11-18-33-25(22)19-23/h7-10,19-21,29,32H,6,11-18H2,1-5H3/b24-7+,26-8-,28-20-. The van der Waals surface area contributed by atoms with Crippen LogP contribution < -0.4 is 10.1 Å². The van der Waals surface area contributed by atoms with E-state index >= 15 is 0 Å². The second-order valence-electron chi connectivity index (χ2n) is 9.41. The van der Waals surface area contributed by atoms with Crippen LogP contribution in [0.15, 0.2) is 46.7 Å². The molecular formula is C27H42N4O2. The Labute approximate surface area is 200 Å². The molecule has 2 N–H and O–H groups in total. The number of hydrogen-bond donors (Lipinski definition) is 2. The van der Waals surface area contributed by atoms with Crippen molar-refractivity contribution < 1.29 is 9.84 Å². The Morgan fingerprint density at radius 3 is 2.70 bits per heavy atom. The SMILES string of the molecule is C\C=C(/C=N\C(=C\CC)N1CCN(C(C)c2ccc3c(c2)OCC3)CC1)C(C)(C)NCCO. The first-order valence-electron chi connectivity index (χ1n) is 12.4. The molecule has 0 saturated carbocycles. The third-order valence-electron chi connectivity index (χ3n) is 6.82. The van der Waals surface area contributed by atoms with Crippen LogP contribution in [0.2, 0.25) is 0 Å². The van der Waals surface area contributed by atoms with Crippen molar-refractivity contribution in [2.45, 2.75) is 59.0 Å². The first kappa shape index (κ1) is 25.5. The van der Waals surface area contributed by atoms with Crippen molar-refractivity contribution >= 4 is 6.21 Å². The number of β-amino-alcohol motifs (C(OH)–C–C–N with tert-alkyl or cyclic N) is 1. The molecule has 0 bridgehead atoms. The van der Waals surface area contributed by atoms with E-state index in [1.807, 2.05) is 13.1 Å². The van der Waals surface area contributed by atoms with E-state index in [0.717, 1.165) is 62.8 Å². The minimum absolute atomic E-state index is 0.125. The molecule has 6 nitrogen and oxygen atoms in total. The molecule has 1 aromatic rings. The molecule has 0 aromatic heterocycles. The van der Waals surface area contributed by atoms with Crippen molar-refractivity contribution in [2.24, 2.45) is 4.99 Å². The highest BCUT2D eigenvalue weighted by Gasteiger charge is 2.25. The fourth-order valence-corrected chi connectivity index (χ4v) is 4.64. The van der Waals surface area contributed by atoms with Crippen LogP contribution in [0.25, 0.3) is 0 Å². The summed E-state index contributed by atoms with van der Waals surface area (Å²) >= 11 is 0. The molecule has 33 heavy (non-hydrogen) atoms. The van der Waals surface area contributed by atoms with Crippen molar-refractivity contribution in [2.75, 3.05) is 45.9 Å². The third kappa shape index (κ3) is 6.46. The summed E-state index contributed by atoms with van der Waals surface area (Å²) in [7, 11) is 0. The van der Waals surface area contributed by atoms with E-state index in [1.54, 1.807) is 0 Å². The van der Waals surface area contributed by atoms with Crippen LogP contribution in [0.4, 0.5) is 0 Å². The third-order valence-corrected chi connectivity index (χ3v) is 6.82. The molecule has 1 fully saturated rings. The molecule has 1 saturated heterocycles. The minimum atomic E-state index is -0.244. The highest BCUT2D eigenvalue weighted by molar-refractivity contribution is 5.82. The second-order valence-corrected chi connectivity index (χ2v) is 9.41. The molecule has 1 aromatic carbocycles. The summed E-state index contributed by atoms with van der Waals surface area (Å²) in [5, 5.41) is 12.6. The van der Waals surface area contributed by atoms with Crippen LogP contribution >= 0.6 is 0 Å². The highest BCUT2D eigenvalue weighted by Crippen LogP contribution is 2.31. The first-order chi connectivity index (χ1) is 15.9. The van der Waals surface area contributed by atoms with Crippen molar-refractivity contribution in [3.63, 3.8) is 0 Å². The van der Waals surface area contributed by atoms with Crippen LogP contribution in [-0.2, 0) is 6.42 Å². The summed E-state index contributed by atoms with van der Waals surface area (Å²) in [5.74, 6) is 2.12. The van der Waals surface area contributed by atoms with Gasteiger partial charge in [0.25, 0.3) is 0 Å². The molecule has 0 spiro atoms. The second kappa shape index (κ2) is 11.8. The molecule has 0 aliphatic carbocycles. The zero-order valence-corrected chi connectivity index (χ0v) is 21.1. The molecular weight excluding hydrogens is 412 g/mol. The van der Waals surface area contributed by atoms with Crippen molar-refractivity contribution in [3.05, 3.63) is 52.9 Å². The van der Waals surface area contributed by atoms with Gasteiger partial charge in [0.2, 0.25) is 0 Å². The fraction of sp³-hybridized carbons (Fsp3) is 0.593. The maximum Gasteiger partial charge on any atom is 0.124 e. The van der Waals surface area contributed by atoms with Crippen LogP contribution in [-0.4, -0.2) is 72.6 Å². The number of piperazine rings is 1. The maximum absolute atomic E-state index is 9.17. The lowest BCUT2D eigenvalue weighted by Crippen LogP contribution is -2.46. The minimum Gasteiger partial charge on any atom is -0.493 e. The summed E-state index contributed by atoms with van der Waals surface area (Å²) in [4.78, 5) is 9.86. The zero-order chi connectivity index (χ0) is 23.8. The van der Waals surface area contributed by atoms with Crippen LogP contribution in [0.1, 0.15) is 58.2 Å². The lowest BCUT2D eigenvalue weighted by molar-refractivity contribution is 0.122. The van der Waals surface area contributed by atoms with Crippen LogP contribution in [0.5, 0.6) is 5.75 Å². The van der Waals surface area contributed by atoms with E-state index in [1.165, 1.54) is 11.1 Å². The topological polar surface area (TPSA) is 60.3 Å². The normalized spacial score (nSPS) is 19.2. The highest BCUT2D eigenvalue weighted by atomic mass is 16.5. The van der Waals surface area contributed by atoms with E-state index in [2.05, 4.69) is 73.2 Å². The maximum atomic E-state index is 9.17. The van der Waals surface area contributed by atoms with Gasteiger partial charge in [0.15, 0.2) is 0 Å². The number of hydrogen-bond acceptors (Lipinski definition) is 6. The quantitative estimate of drug-likeness (QED) is 0.525. The molecule has 6 heteroatoms. The van der Waals surface area contributed by atoms with Gasteiger partial charge in [0.1, 0.15) is 11.6 Å². The summed E-state index contributed by atoms with van der Waals surface area (Å²) in [6.07, 6.45) is 8.27. The van der Waals surface area contributed by atoms with E-state index < -0.39 is 0 Å². The van der Waals surface area contributed by atoms with E-state index in [0.29, 0.717) is 12.6 Å². The van der Waals surface area contributed by atoms with Gasteiger partial charge in [-0.05, 0) is 63.0 Å². The van der Waals surface area contributed by atoms with Gasteiger partial charge in [-0.2, -0.15) is 0 Å². The number of nitrogens with one attached hydrogen (secondary N) is 1. The van der Waals surface area contributed by atoms with Gasteiger partial charge in [-0.3, -0.25) is 4.90 Å². The van der Waals surface area contributed by atoms with Gasteiger partial charge in [-0.15, -0.1) is 0 Å². The molecule has 2 aliphatic heterocycles. The number of nitrogens with zero attached hydrogens (tertiary/aromatic N) is 3. The summed E-state index contributed by atoms with van der Waals surface area (Å²) < 4.78 is 5.78. The Balaban J connectivity index is 1.62. The molecule has 0 radical (unpaired) electrons. The largest absolute Gasteiger partial charge is 0.493 e. The zero-order valence-electron chi connectivity index (χ0n) is 21.1. The summed E-state index contributed by atoms with van der Waals surface area (Å²) in [6, 6.07) is 7.10. The van der Waals surface area contributed by atoms with Gasteiger partial charge in [-0.25, -0.2) is 4.99 Å². The van der Waals surface area contributed by atoms with Gasteiger partial charge in [-0.1, -0.05) is 25.1 Å². The monoisotopic (exact) mass is 454 g/mol. The average molecular weight is 455 g/mol. The van der Waals surface area contributed by atoms with Crippen molar-refractivity contribution in [1.29, 1.82) is 0 Å². The molecule has 182 valence electrons. The van der Waals surface area contributed by atoms with Crippen molar-refractivity contribution in [3.8, 4) is 5.75 Å². The molecule has 1 atom stereocenters. The Morgan fingerprint density at radius 2 is 2.03 bits per heavy atom. The van der Waals surface area contributed by atoms with E-state index in [4.69, 9.17) is 9.73 Å². The molecule has 2 heterocycles. The molecule has 2 aliphatic rings. The van der Waals surface area contributed by atoms with Gasteiger partial charge >= 0.3 is 0 Å². The van der Waals surface area contributed by atoms with Gasteiger partial charge in [0.05, 0.1) is 13.2 Å². The molecule has 0 amide bonds. The number of aliphatic hydroxyl groups is 1. The first-order valence-corrected chi connectivity index (χ1v) is 12.4.